The van der Waals surface area contributed by atoms with Crippen LogP contribution in [0, 0.1) is 18.8 Å². The molecule has 1 aromatic heterocycles. The first-order chi connectivity index (χ1) is 10.2. The van der Waals surface area contributed by atoms with Gasteiger partial charge in [0, 0.05) is 18.2 Å². The minimum atomic E-state index is 0.0212. The molecule has 0 aliphatic heterocycles. The van der Waals surface area contributed by atoms with Crippen molar-refractivity contribution in [3.05, 3.63) is 52.3 Å². The summed E-state index contributed by atoms with van der Waals surface area (Å²) in [5.74, 6) is 6.46. The lowest BCUT2D eigenvalue weighted by atomic mass is 10.0. The van der Waals surface area contributed by atoms with E-state index in [1.807, 2.05) is 38.1 Å². The quantitative estimate of drug-likeness (QED) is 0.806. The fraction of sp³-hybridized carbons (Fsp3) is 0.278. The van der Waals surface area contributed by atoms with Crippen LogP contribution in [-0.2, 0) is 6.54 Å². The van der Waals surface area contributed by atoms with Crippen LogP contribution in [0.25, 0.3) is 11.3 Å². The molecule has 0 spiro atoms. The topological polar surface area (TPSA) is 31.2 Å². The van der Waals surface area contributed by atoms with E-state index < -0.39 is 0 Å². The van der Waals surface area contributed by atoms with E-state index in [9.17, 15) is 4.79 Å². The molecule has 0 N–H and O–H groups in total. The molecule has 3 heteroatoms. The second-order valence-electron chi connectivity index (χ2n) is 4.69. The SMILES string of the molecule is CC#CCOc1ccc(-c2cccc(=O)n2CC)c(C)c1. The number of pyridine rings is 1. The van der Waals surface area contributed by atoms with E-state index >= 15 is 0 Å². The van der Waals surface area contributed by atoms with E-state index in [1.165, 1.54) is 0 Å². The van der Waals surface area contributed by atoms with Crippen molar-refractivity contribution in [1.29, 1.82) is 0 Å². The van der Waals surface area contributed by atoms with Crippen molar-refractivity contribution in [2.75, 3.05) is 6.61 Å². The number of hydrogen-bond donors (Lipinski definition) is 0. The van der Waals surface area contributed by atoms with Crippen molar-refractivity contribution in [3.8, 4) is 28.8 Å². The smallest absolute Gasteiger partial charge is 0.250 e. The zero-order valence-corrected chi connectivity index (χ0v) is 12.6. The Morgan fingerprint density at radius 2 is 2.05 bits per heavy atom. The Bertz CT molecular complexity index is 748. The molecule has 108 valence electrons. The Labute approximate surface area is 125 Å². The standard InChI is InChI=1S/C18H19NO2/c1-4-6-12-21-15-10-11-16(14(3)13-15)17-8-7-9-18(20)19(17)5-2/h7-11,13H,5,12H2,1-3H3. The van der Waals surface area contributed by atoms with Crippen LogP contribution in [0.4, 0.5) is 0 Å². The van der Waals surface area contributed by atoms with Gasteiger partial charge in [0.2, 0.25) is 0 Å². The number of aryl methyl sites for hydroxylation is 1. The molecule has 0 unspecified atom stereocenters. The van der Waals surface area contributed by atoms with Gasteiger partial charge in [-0.3, -0.25) is 4.79 Å². The van der Waals surface area contributed by atoms with E-state index in [2.05, 4.69) is 11.8 Å². The van der Waals surface area contributed by atoms with Crippen LogP contribution >= 0.6 is 0 Å². The van der Waals surface area contributed by atoms with Crippen molar-refractivity contribution >= 4 is 0 Å². The van der Waals surface area contributed by atoms with Crippen molar-refractivity contribution < 1.29 is 4.74 Å². The van der Waals surface area contributed by atoms with Gasteiger partial charge >= 0.3 is 0 Å². The Balaban J connectivity index is 2.39. The number of benzene rings is 1. The van der Waals surface area contributed by atoms with Gasteiger partial charge in [-0.2, -0.15) is 0 Å². The van der Waals surface area contributed by atoms with Crippen molar-refractivity contribution in [2.45, 2.75) is 27.3 Å². The molecule has 0 amide bonds. The van der Waals surface area contributed by atoms with Crippen molar-refractivity contribution in [3.63, 3.8) is 0 Å². The normalized spacial score (nSPS) is 9.86. The Hall–Kier alpha value is -2.47. The summed E-state index contributed by atoms with van der Waals surface area (Å²) < 4.78 is 7.33. The third kappa shape index (κ3) is 3.35. The fourth-order valence-electron chi connectivity index (χ4n) is 2.29. The maximum absolute atomic E-state index is 11.9. The summed E-state index contributed by atoms with van der Waals surface area (Å²) >= 11 is 0. The summed E-state index contributed by atoms with van der Waals surface area (Å²) in [5, 5.41) is 0. The van der Waals surface area contributed by atoms with Gasteiger partial charge in [-0.05, 0) is 50.6 Å². The van der Waals surface area contributed by atoms with Crippen LogP contribution in [0.2, 0.25) is 0 Å². The van der Waals surface area contributed by atoms with Crippen LogP contribution in [0.3, 0.4) is 0 Å². The Morgan fingerprint density at radius 3 is 2.71 bits per heavy atom. The zero-order valence-electron chi connectivity index (χ0n) is 12.6. The summed E-state index contributed by atoms with van der Waals surface area (Å²) in [4.78, 5) is 11.9. The first-order valence-corrected chi connectivity index (χ1v) is 7.00. The third-order valence-electron chi connectivity index (χ3n) is 3.33. The van der Waals surface area contributed by atoms with Gasteiger partial charge in [0.15, 0.2) is 0 Å². The van der Waals surface area contributed by atoms with Gasteiger partial charge in [-0.1, -0.05) is 12.0 Å². The first kappa shape index (κ1) is 14.9. The van der Waals surface area contributed by atoms with Crippen molar-refractivity contribution in [2.24, 2.45) is 0 Å². The molecule has 1 heterocycles. The van der Waals surface area contributed by atoms with Gasteiger partial charge < -0.3 is 9.30 Å². The summed E-state index contributed by atoms with van der Waals surface area (Å²) in [6, 6.07) is 11.2. The number of ether oxygens (including phenoxy) is 1. The Kier molecular flexibility index (Phi) is 4.84. The maximum Gasteiger partial charge on any atom is 0.250 e. The van der Waals surface area contributed by atoms with E-state index in [4.69, 9.17) is 4.74 Å². The molecule has 0 atom stereocenters. The average Bonchev–Trinajstić information content (AvgIpc) is 2.47. The molecule has 2 aromatic rings. The molecule has 0 aliphatic carbocycles. The van der Waals surface area contributed by atoms with Crippen molar-refractivity contribution in [1.82, 2.24) is 4.57 Å². The molecule has 0 bridgehead atoms. The summed E-state index contributed by atoms with van der Waals surface area (Å²) in [6.45, 7) is 6.82. The van der Waals surface area contributed by atoms with Gasteiger partial charge in [0.05, 0.1) is 5.69 Å². The molecule has 0 fully saturated rings. The fourth-order valence-corrected chi connectivity index (χ4v) is 2.29. The van der Waals surface area contributed by atoms with E-state index in [0.29, 0.717) is 13.2 Å². The van der Waals surface area contributed by atoms with Gasteiger partial charge in [-0.15, -0.1) is 5.92 Å². The number of aromatic nitrogens is 1. The highest BCUT2D eigenvalue weighted by atomic mass is 16.5. The van der Waals surface area contributed by atoms with Crippen LogP contribution in [0.5, 0.6) is 5.75 Å². The predicted octanol–water partition coefficient (Wildman–Crippen LogP) is 3.25. The molecule has 0 saturated carbocycles. The molecule has 21 heavy (non-hydrogen) atoms. The summed E-state index contributed by atoms with van der Waals surface area (Å²) in [5.41, 5.74) is 3.07. The monoisotopic (exact) mass is 281 g/mol. The van der Waals surface area contributed by atoms with Crippen LogP contribution in [0.1, 0.15) is 19.4 Å². The number of hydrogen-bond acceptors (Lipinski definition) is 2. The zero-order chi connectivity index (χ0) is 15.2. The van der Waals surface area contributed by atoms with Crippen LogP contribution < -0.4 is 10.3 Å². The molecule has 2 rings (SSSR count). The molecular weight excluding hydrogens is 262 g/mol. The van der Waals surface area contributed by atoms with Gasteiger partial charge in [-0.25, -0.2) is 0 Å². The highest BCUT2D eigenvalue weighted by Crippen LogP contribution is 2.26. The van der Waals surface area contributed by atoms with E-state index in [1.54, 1.807) is 23.6 Å². The minimum absolute atomic E-state index is 0.0212. The maximum atomic E-state index is 11.9. The largest absolute Gasteiger partial charge is 0.481 e. The van der Waals surface area contributed by atoms with E-state index in [0.717, 1.165) is 22.6 Å². The molecule has 0 radical (unpaired) electrons. The lowest BCUT2D eigenvalue weighted by Gasteiger charge is -2.14. The first-order valence-electron chi connectivity index (χ1n) is 7.00. The van der Waals surface area contributed by atoms with E-state index in [-0.39, 0.29) is 5.56 Å². The molecule has 0 saturated heterocycles. The molecule has 1 aromatic carbocycles. The average molecular weight is 281 g/mol. The lowest BCUT2D eigenvalue weighted by Crippen LogP contribution is -2.19. The van der Waals surface area contributed by atoms with Crippen LogP contribution in [-0.4, -0.2) is 11.2 Å². The molecule has 3 nitrogen and oxygen atoms in total. The number of rotatable bonds is 4. The highest BCUT2D eigenvalue weighted by molar-refractivity contribution is 5.65. The Morgan fingerprint density at radius 1 is 1.24 bits per heavy atom. The predicted molar refractivity (Wildman–Crippen MR) is 85.5 cm³/mol. The lowest BCUT2D eigenvalue weighted by molar-refractivity contribution is 0.370. The van der Waals surface area contributed by atoms with Gasteiger partial charge in [0.1, 0.15) is 12.4 Å². The highest BCUT2D eigenvalue weighted by Gasteiger charge is 2.08. The molecular formula is C18H19NO2. The second-order valence-corrected chi connectivity index (χ2v) is 4.69. The number of nitrogens with zero attached hydrogens (tertiary/aromatic N) is 1. The minimum Gasteiger partial charge on any atom is -0.481 e. The van der Waals surface area contributed by atoms with Gasteiger partial charge in [0.25, 0.3) is 5.56 Å². The third-order valence-corrected chi connectivity index (χ3v) is 3.33. The summed E-state index contributed by atoms with van der Waals surface area (Å²) in [6.07, 6.45) is 0. The summed E-state index contributed by atoms with van der Waals surface area (Å²) in [7, 11) is 0. The van der Waals surface area contributed by atoms with Crippen LogP contribution in [0.15, 0.2) is 41.2 Å². The molecule has 0 aliphatic rings. The second kappa shape index (κ2) is 6.81.